The number of nitro benzene ring substituents is 1. The van der Waals surface area contributed by atoms with E-state index in [1.807, 2.05) is 13.8 Å². The van der Waals surface area contributed by atoms with Gasteiger partial charge in [0.05, 0.1) is 17.1 Å². The van der Waals surface area contributed by atoms with E-state index in [9.17, 15) is 14.9 Å². The summed E-state index contributed by atoms with van der Waals surface area (Å²) in [4.78, 5) is 23.4. The topological polar surface area (TPSA) is 81.5 Å². The van der Waals surface area contributed by atoms with Gasteiger partial charge in [-0.25, -0.2) is 0 Å². The number of nitrogens with zero attached hydrogens (tertiary/aromatic N) is 1. The molecule has 0 bridgehead atoms. The first kappa shape index (κ1) is 18.9. The van der Waals surface area contributed by atoms with Crippen LogP contribution in [0.1, 0.15) is 29.8 Å². The third kappa shape index (κ3) is 5.03. The zero-order valence-electron chi connectivity index (χ0n) is 14.2. The molecule has 0 spiro atoms. The maximum absolute atomic E-state index is 12.7. The second-order valence-electron chi connectivity index (χ2n) is 6.08. The minimum absolute atomic E-state index is 0.145. The Morgan fingerprint density at radius 3 is 2.64 bits per heavy atom. The first-order valence-electron chi connectivity index (χ1n) is 7.76. The van der Waals surface area contributed by atoms with Crippen LogP contribution in [0.4, 0.5) is 11.4 Å². The summed E-state index contributed by atoms with van der Waals surface area (Å²) < 4.78 is 6.41. The van der Waals surface area contributed by atoms with Crippen molar-refractivity contribution in [3.05, 3.63) is 62.1 Å². The Labute approximate surface area is 154 Å². The van der Waals surface area contributed by atoms with E-state index in [1.54, 1.807) is 31.2 Å². The van der Waals surface area contributed by atoms with E-state index in [4.69, 9.17) is 4.74 Å². The maximum Gasteiger partial charge on any atom is 0.293 e. The van der Waals surface area contributed by atoms with E-state index >= 15 is 0 Å². The summed E-state index contributed by atoms with van der Waals surface area (Å²) in [6, 6.07) is 9.76. The number of nitro groups is 1. The average Bonchev–Trinajstić information content (AvgIpc) is 2.54. The van der Waals surface area contributed by atoms with Gasteiger partial charge in [-0.1, -0.05) is 35.8 Å². The average molecular weight is 407 g/mol. The van der Waals surface area contributed by atoms with E-state index < -0.39 is 10.8 Å². The SMILES string of the molecule is Cc1ccc(NC(=O)c2cc(Br)ccc2OCC(C)C)c([N+](=O)[O-])c1. The number of hydrogen-bond acceptors (Lipinski definition) is 4. The number of rotatable bonds is 6. The highest BCUT2D eigenvalue weighted by atomic mass is 79.9. The van der Waals surface area contributed by atoms with Gasteiger partial charge in [-0.3, -0.25) is 14.9 Å². The Hall–Kier alpha value is -2.41. The lowest BCUT2D eigenvalue weighted by Crippen LogP contribution is -2.16. The lowest BCUT2D eigenvalue weighted by atomic mass is 10.1. The van der Waals surface area contributed by atoms with Gasteiger partial charge in [0, 0.05) is 10.5 Å². The third-order valence-corrected chi connectivity index (χ3v) is 3.85. The molecule has 1 amide bonds. The molecule has 2 aromatic carbocycles. The second-order valence-corrected chi connectivity index (χ2v) is 6.99. The molecule has 2 rings (SSSR count). The van der Waals surface area contributed by atoms with Crippen molar-refractivity contribution in [1.29, 1.82) is 0 Å². The van der Waals surface area contributed by atoms with Crippen LogP contribution >= 0.6 is 15.9 Å². The van der Waals surface area contributed by atoms with Gasteiger partial charge in [0.1, 0.15) is 11.4 Å². The van der Waals surface area contributed by atoms with Gasteiger partial charge in [-0.05, 0) is 42.7 Å². The van der Waals surface area contributed by atoms with Crippen LogP contribution < -0.4 is 10.1 Å². The van der Waals surface area contributed by atoms with Crippen LogP contribution in [0, 0.1) is 23.0 Å². The molecule has 0 saturated heterocycles. The largest absolute Gasteiger partial charge is 0.492 e. The number of carbonyl (C=O) groups is 1. The molecule has 0 aliphatic carbocycles. The van der Waals surface area contributed by atoms with Crippen molar-refractivity contribution in [3.63, 3.8) is 0 Å². The van der Waals surface area contributed by atoms with Crippen LogP contribution in [0.15, 0.2) is 40.9 Å². The van der Waals surface area contributed by atoms with E-state index in [1.165, 1.54) is 12.1 Å². The van der Waals surface area contributed by atoms with Crippen molar-refractivity contribution >= 4 is 33.2 Å². The summed E-state index contributed by atoms with van der Waals surface area (Å²) in [5.74, 6) is 0.272. The molecule has 25 heavy (non-hydrogen) atoms. The van der Waals surface area contributed by atoms with Crippen molar-refractivity contribution in [2.24, 2.45) is 5.92 Å². The molecule has 2 aromatic rings. The molecule has 0 radical (unpaired) electrons. The highest BCUT2D eigenvalue weighted by Crippen LogP contribution is 2.28. The van der Waals surface area contributed by atoms with Gasteiger partial charge in [0.2, 0.25) is 0 Å². The molecule has 0 atom stereocenters. The molecular weight excluding hydrogens is 388 g/mol. The molecule has 0 saturated carbocycles. The van der Waals surface area contributed by atoms with Gasteiger partial charge in [0.15, 0.2) is 0 Å². The van der Waals surface area contributed by atoms with Crippen molar-refractivity contribution in [2.45, 2.75) is 20.8 Å². The summed E-state index contributed by atoms with van der Waals surface area (Å²) in [6.07, 6.45) is 0. The van der Waals surface area contributed by atoms with Crippen molar-refractivity contribution < 1.29 is 14.5 Å². The van der Waals surface area contributed by atoms with Gasteiger partial charge in [-0.15, -0.1) is 0 Å². The molecule has 132 valence electrons. The van der Waals surface area contributed by atoms with Gasteiger partial charge >= 0.3 is 0 Å². The molecule has 0 aliphatic heterocycles. The first-order valence-corrected chi connectivity index (χ1v) is 8.56. The van der Waals surface area contributed by atoms with Crippen LogP contribution in [-0.2, 0) is 0 Å². The van der Waals surface area contributed by atoms with Crippen molar-refractivity contribution in [2.75, 3.05) is 11.9 Å². The van der Waals surface area contributed by atoms with Crippen LogP contribution in [0.5, 0.6) is 5.75 Å². The fourth-order valence-corrected chi connectivity index (χ4v) is 2.51. The smallest absolute Gasteiger partial charge is 0.293 e. The Balaban J connectivity index is 2.32. The Kier molecular flexibility index (Phi) is 6.14. The van der Waals surface area contributed by atoms with Gasteiger partial charge in [-0.2, -0.15) is 0 Å². The second kappa shape index (κ2) is 8.11. The highest BCUT2D eigenvalue weighted by molar-refractivity contribution is 9.10. The highest BCUT2D eigenvalue weighted by Gasteiger charge is 2.19. The number of halogens is 1. The molecule has 0 fully saturated rings. The summed E-state index contributed by atoms with van der Waals surface area (Å²) in [7, 11) is 0. The number of aryl methyl sites for hydroxylation is 1. The van der Waals surface area contributed by atoms with Crippen LogP contribution in [-0.4, -0.2) is 17.4 Å². The zero-order valence-corrected chi connectivity index (χ0v) is 15.8. The molecule has 0 unspecified atom stereocenters. The number of carbonyl (C=O) groups excluding carboxylic acids is 1. The van der Waals surface area contributed by atoms with E-state index in [-0.39, 0.29) is 11.4 Å². The predicted octanol–water partition coefficient (Wildman–Crippen LogP) is 4.95. The normalized spacial score (nSPS) is 10.6. The van der Waals surface area contributed by atoms with Crippen molar-refractivity contribution in [3.8, 4) is 5.75 Å². The fourth-order valence-electron chi connectivity index (χ4n) is 2.15. The molecule has 0 heterocycles. The van der Waals surface area contributed by atoms with E-state index in [2.05, 4.69) is 21.2 Å². The zero-order chi connectivity index (χ0) is 18.6. The van der Waals surface area contributed by atoms with Crippen LogP contribution in [0.25, 0.3) is 0 Å². The van der Waals surface area contributed by atoms with Crippen LogP contribution in [0.3, 0.4) is 0 Å². The van der Waals surface area contributed by atoms with Gasteiger partial charge < -0.3 is 10.1 Å². The molecule has 6 nitrogen and oxygen atoms in total. The van der Waals surface area contributed by atoms with Crippen molar-refractivity contribution in [1.82, 2.24) is 0 Å². The molecule has 7 heteroatoms. The summed E-state index contributed by atoms with van der Waals surface area (Å²) in [6.45, 7) is 6.24. The van der Waals surface area contributed by atoms with Crippen LogP contribution in [0.2, 0.25) is 0 Å². The monoisotopic (exact) mass is 406 g/mol. The molecule has 0 aromatic heterocycles. The Morgan fingerprint density at radius 2 is 2.00 bits per heavy atom. The standard InChI is InChI=1S/C18H19BrN2O4/c1-11(2)10-25-17-7-5-13(19)9-14(17)18(22)20-15-6-4-12(3)8-16(15)21(23)24/h4-9,11H,10H2,1-3H3,(H,20,22). The number of amides is 1. The molecule has 0 aliphatic rings. The molecular formula is C18H19BrN2O4. The number of nitrogens with one attached hydrogen (secondary N) is 1. The number of anilines is 1. The first-order chi connectivity index (χ1) is 11.8. The number of benzene rings is 2. The lowest BCUT2D eigenvalue weighted by Gasteiger charge is -2.14. The lowest BCUT2D eigenvalue weighted by molar-refractivity contribution is -0.384. The molecule has 1 N–H and O–H groups in total. The summed E-state index contributed by atoms with van der Waals surface area (Å²) in [5.41, 5.74) is 1.06. The minimum atomic E-state index is -0.514. The number of ether oxygens (including phenoxy) is 1. The van der Waals surface area contributed by atoms with E-state index in [0.717, 1.165) is 5.56 Å². The summed E-state index contributed by atoms with van der Waals surface area (Å²) in [5, 5.41) is 13.8. The summed E-state index contributed by atoms with van der Waals surface area (Å²) >= 11 is 3.33. The predicted molar refractivity (Wildman–Crippen MR) is 100 cm³/mol. The third-order valence-electron chi connectivity index (χ3n) is 3.36. The Morgan fingerprint density at radius 1 is 1.28 bits per heavy atom. The van der Waals surface area contributed by atoms with Gasteiger partial charge in [0.25, 0.3) is 11.6 Å². The minimum Gasteiger partial charge on any atom is -0.492 e. The number of hydrogen-bond donors (Lipinski definition) is 1. The van der Waals surface area contributed by atoms with E-state index in [0.29, 0.717) is 28.3 Å². The fraction of sp³-hybridized carbons (Fsp3) is 0.278. The quantitative estimate of drug-likeness (QED) is 0.543. The Bertz CT molecular complexity index is 806. The maximum atomic E-state index is 12.7.